The summed E-state index contributed by atoms with van der Waals surface area (Å²) in [5.74, 6) is 0.497. The van der Waals surface area contributed by atoms with E-state index in [4.69, 9.17) is 21.6 Å². The van der Waals surface area contributed by atoms with Crippen molar-refractivity contribution < 1.29 is 4.57 Å². The molecule has 1 aliphatic heterocycles. The van der Waals surface area contributed by atoms with Crippen LogP contribution in [0.2, 0.25) is 5.02 Å². The van der Waals surface area contributed by atoms with Gasteiger partial charge in [0.25, 0.3) is 0 Å². The number of aromatic nitrogens is 3. The summed E-state index contributed by atoms with van der Waals surface area (Å²) >= 11 is 8.04. The molecule has 1 saturated carbocycles. The van der Waals surface area contributed by atoms with E-state index in [2.05, 4.69) is 55.1 Å². The summed E-state index contributed by atoms with van der Waals surface area (Å²) in [5, 5.41) is 10.4. The van der Waals surface area contributed by atoms with Gasteiger partial charge in [0.2, 0.25) is 5.95 Å². The number of rotatable bonds is 10. The van der Waals surface area contributed by atoms with Gasteiger partial charge < -0.3 is 20.1 Å². The second kappa shape index (κ2) is 13.1. The van der Waals surface area contributed by atoms with Crippen LogP contribution in [-0.4, -0.2) is 78.1 Å². The number of nitrogens with one attached hydrogen (secondary N) is 2. The third-order valence-corrected chi connectivity index (χ3v) is 9.94. The lowest BCUT2D eigenvalue weighted by Gasteiger charge is -2.36. The molecule has 1 saturated heterocycles. The summed E-state index contributed by atoms with van der Waals surface area (Å²) in [6.07, 6.45) is 8.93. The quantitative estimate of drug-likeness (QED) is 0.273. The summed E-state index contributed by atoms with van der Waals surface area (Å²) in [5.41, 5.74) is 3.80. The molecule has 2 N–H and O–H groups in total. The maximum absolute atomic E-state index is 12.0. The van der Waals surface area contributed by atoms with Gasteiger partial charge in [0, 0.05) is 68.2 Å². The van der Waals surface area contributed by atoms with Gasteiger partial charge in [-0.2, -0.15) is 0 Å². The zero-order chi connectivity index (χ0) is 27.2. The molecular weight excluding hydrogens is 549 g/mol. The first-order chi connectivity index (χ1) is 18.8. The van der Waals surface area contributed by atoms with Crippen molar-refractivity contribution in [1.82, 2.24) is 25.2 Å². The molecule has 1 aliphatic carbocycles. The minimum atomic E-state index is -1.96. The highest BCUT2D eigenvalue weighted by Gasteiger charge is 2.19. The van der Waals surface area contributed by atoms with E-state index in [1.54, 1.807) is 17.5 Å². The van der Waals surface area contributed by atoms with Gasteiger partial charge in [-0.3, -0.25) is 4.90 Å². The van der Waals surface area contributed by atoms with Crippen LogP contribution in [0.3, 0.4) is 0 Å². The van der Waals surface area contributed by atoms with Crippen LogP contribution < -0.4 is 15.5 Å². The Labute approximate surface area is 241 Å². The van der Waals surface area contributed by atoms with Crippen LogP contribution >= 0.6 is 30.1 Å². The predicted octanol–water partition coefficient (Wildman–Crippen LogP) is 6.16. The second-order valence-corrected chi connectivity index (χ2v) is 15.9. The highest BCUT2D eigenvalue weighted by Crippen LogP contribution is 2.35. The fourth-order valence-electron chi connectivity index (χ4n) is 5.13. The predicted molar refractivity (Wildman–Crippen MR) is 165 cm³/mol. The van der Waals surface area contributed by atoms with Crippen molar-refractivity contribution in [3.8, 4) is 10.7 Å². The molecule has 5 rings (SSSR count). The van der Waals surface area contributed by atoms with Crippen LogP contribution in [0.4, 0.5) is 17.3 Å². The molecule has 210 valence electrons. The Bertz CT molecular complexity index is 1270. The molecule has 0 bridgehead atoms. The summed E-state index contributed by atoms with van der Waals surface area (Å²) < 4.78 is 12.0. The SMILES string of the molecule is CP(C)(=O)CCN1CCN(c2ccc(Nc3ncc(Cl)c(-c4nc(CNC5CCCCC5)cs4)n3)cc2)CC1. The van der Waals surface area contributed by atoms with E-state index in [1.807, 2.05) is 13.3 Å². The number of benzene rings is 1. The minimum absolute atomic E-state index is 0.497. The molecule has 0 atom stereocenters. The largest absolute Gasteiger partial charge is 0.369 e. The molecular formula is C28H39ClN7OPS. The standard InChI is InChI=1S/C28H39ClN7OPS/c1-38(2,37)17-16-35-12-14-36(15-13-35)24-10-8-22(9-11-24)33-28-31-19-25(29)26(34-28)27-32-23(20-39-27)18-30-21-6-4-3-5-7-21/h8-11,19-21,30H,3-7,12-18H2,1-2H3,(H,31,33,34). The van der Waals surface area contributed by atoms with Crippen molar-refractivity contribution in [2.75, 3.05) is 62.4 Å². The maximum atomic E-state index is 12.0. The monoisotopic (exact) mass is 587 g/mol. The van der Waals surface area contributed by atoms with E-state index < -0.39 is 7.14 Å². The number of piperazine rings is 1. The van der Waals surface area contributed by atoms with Crippen molar-refractivity contribution in [3.05, 3.63) is 46.6 Å². The minimum Gasteiger partial charge on any atom is -0.369 e. The van der Waals surface area contributed by atoms with Gasteiger partial charge in [-0.1, -0.05) is 30.9 Å². The Morgan fingerprint density at radius 3 is 2.51 bits per heavy atom. The first-order valence-electron chi connectivity index (χ1n) is 13.9. The molecule has 1 aromatic carbocycles. The Balaban J connectivity index is 1.16. The Hall–Kier alpha value is -2.03. The van der Waals surface area contributed by atoms with Crippen molar-refractivity contribution in [1.29, 1.82) is 0 Å². The van der Waals surface area contributed by atoms with Crippen LogP contribution in [0.5, 0.6) is 0 Å². The topological polar surface area (TPSA) is 86.3 Å². The van der Waals surface area contributed by atoms with Gasteiger partial charge in [-0.25, -0.2) is 15.0 Å². The van der Waals surface area contributed by atoms with Crippen molar-refractivity contribution in [2.24, 2.45) is 0 Å². The van der Waals surface area contributed by atoms with E-state index >= 15 is 0 Å². The van der Waals surface area contributed by atoms with Gasteiger partial charge in [0.1, 0.15) is 10.7 Å². The van der Waals surface area contributed by atoms with Gasteiger partial charge in [0.15, 0.2) is 0 Å². The molecule has 11 heteroatoms. The molecule has 3 heterocycles. The van der Waals surface area contributed by atoms with E-state index in [9.17, 15) is 4.57 Å². The first kappa shape index (κ1) is 28.5. The van der Waals surface area contributed by atoms with E-state index in [-0.39, 0.29) is 0 Å². The Morgan fingerprint density at radius 2 is 1.79 bits per heavy atom. The smallest absolute Gasteiger partial charge is 0.227 e. The molecule has 2 aliphatic rings. The molecule has 0 spiro atoms. The number of hydrogen-bond acceptors (Lipinski definition) is 9. The second-order valence-electron chi connectivity index (χ2n) is 11.0. The van der Waals surface area contributed by atoms with Crippen LogP contribution in [0, 0.1) is 0 Å². The van der Waals surface area contributed by atoms with E-state index in [1.165, 1.54) is 37.8 Å². The zero-order valence-corrected chi connectivity index (χ0v) is 25.4. The molecule has 39 heavy (non-hydrogen) atoms. The Kier molecular flexibility index (Phi) is 9.56. The number of halogens is 1. The highest BCUT2D eigenvalue weighted by molar-refractivity contribution is 7.62. The molecule has 8 nitrogen and oxygen atoms in total. The van der Waals surface area contributed by atoms with Crippen LogP contribution in [0.25, 0.3) is 10.7 Å². The van der Waals surface area contributed by atoms with Gasteiger partial charge in [-0.15, -0.1) is 11.3 Å². The lowest BCUT2D eigenvalue weighted by atomic mass is 9.95. The molecule has 0 radical (unpaired) electrons. The van der Waals surface area contributed by atoms with Crippen molar-refractivity contribution in [3.63, 3.8) is 0 Å². The van der Waals surface area contributed by atoms with E-state index in [0.717, 1.165) is 61.8 Å². The van der Waals surface area contributed by atoms with Crippen LogP contribution in [0.1, 0.15) is 37.8 Å². The van der Waals surface area contributed by atoms with Crippen LogP contribution in [0.15, 0.2) is 35.8 Å². The molecule has 0 unspecified atom stereocenters. The fraction of sp³-hybridized carbons (Fsp3) is 0.536. The number of nitrogens with zero attached hydrogens (tertiary/aromatic N) is 5. The lowest BCUT2D eigenvalue weighted by molar-refractivity contribution is 0.272. The van der Waals surface area contributed by atoms with Gasteiger partial charge >= 0.3 is 0 Å². The highest BCUT2D eigenvalue weighted by atomic mass is 35.5. The Morgan fingerprint density at radius 1 is 1.05 bits per heavy atom. The zero-order valence-electron chi connectivity index (χ0n) is 22.9. The fourth-order valence-corrected chi connectivity index (χ4v) is 6.95. The molecule has 2 aromatic heterocycles. The summed E-state index contributed by atoms with van der Waals surface area (Å²) in [7, 11) is -1.96. The summed E-state index contributed by atoms with van der Waals surface area (Å²) in [6, 6.07) is 8.98. The third-order valence-electron chi connectivity index (χ3n) is 7.49. The van der Waals surface area contributed by atoms with Gasteiger partial charge in [0.05, 0.1) is 24.1 Å². The van der Waals surface area contributed by atoms with Crippen molar-refractivity contribution >= 4 is 47.4 Å². The summed E-state index contributed by atoms with van der Waals surface area (Å²) in [6.45, 7) is 9.38. The molecule has 3 aromatic rings. The average Bonchev–Trinajstić information content (AvgIpc) is 3.42. The third kappa shape index (κ3) is 8.24. The lowest BCUT2D eigenvalue weighted by Crippen LogP contribution is -2.47. The average molecular weight is 588 g/mol. The summed E-state index contributed by atoms with van der Waals surface area (Å²) in [4.78, 5) is 18.7. The number of anilines is 3. The molecule has 2 fully saturated rings. The van der Waals surface area contributed by atoms with Crippen molar-refractivity contribution in [2.45, 2.75) is 44.7 Å². The van der Waals surface area contributed by atoms with E-state index in [0.29, 0.717) is 22.7 Å². The normalized spacial score (nSPS) is 17.5. The van der Waals surface area contributed by atoms with Gasteiger partial charge in [-0.05, 0) is 50.4 Å². The number of hydrogen-bond donors (Lipinski definition) is 2. The van der Waals surface area contributed by atoms with Crippen LogP contribution in [-0.2, 0) is 11.1 Å². The molecule has 0 amide bonds. The maximum Gasteiger partial charge on any atom is 0.227 e. The first-order valence-corrected chi connectivity index (χ1v) is 18.0. The number of thiazole rings is 1.